The molecule has 6 heterocycles. The summed E-state index contributed by atoms with van der Waals surface area (Å²) in [4.78, 5) is 43.4. The van der Waals surface area contributed by atoms with Gasteiger partial charge in [-0.2, -0.15) is 0 Å². The SMILES string of the molecule is C#Cc1cnc2sc(C(=O)Nc3ccncc3)c(N)c2c1.CCc1cnc2sc(C(=O)Nc3ccncc3)c(N)c2c1. The van der Waals surface area contributed by atoms with Crippen molar-refractivity contribution in [3.05, 3.63) is 94.5 Å². The number of terminal acetylenes is 1. The van der Waals surface area contributed by atoms with E-state index in [1.54, 1.807) is 61.3 Å². The van der Waals surface area contributed by atoms with E-state index < -0.39 is 0 Å². The quantitative estimate of drug-likeness (QED) is 0.188. The molecule has 0 saturated carbocycles. The van der Waals surface area contributed by atoms with Crippen LogP contribution in [0.3, 0.4) is 0 Å². The molecule has 0 radical (unpaired) electrons. The molecule has 6 aromatic rings. The second kappa shape index (κ2) is 12.4. The van der Waals surface area contributed by atoms with E-state index in [1.807, 2.05) is 12.3 Å². The highest BCUT2D eigenvalue weighted by atomic mass is 32.1. The maximum absolute atomic E-state index is 12.3. The number of hydrogen-bond acceptors (Lipinski definition) is 10. The molecule has 42 heavy (non-hydrogen) atoms. The summed E-state index contributed by atoms with van der Waals surface area (Å²) in [5.41, 5.74) is 16.1. The maximum atomic E-state index is 12.3. The van der Waals surface area contributed by atoms with E-state index in [0.717, 1.165) is 22.2 Å². The third-order valence-corrected chi connectivity index (χ3v) is 8.35. The molecule has 0 aliphatic rings. The number of amides is 2. The minimum Gasteiger partial charge on any atom is -0.397 e. The lowest BCUT2D eigenvalue weighted by Crippen LogP contribution is -2.11. The third kappa shape index (κ3) is 6.02. The highest BCUT2D eigenvalue weighted by molar-refractivity contribution is 7.21. The van der Waals surface area contributed by atoms with Crippen LogP contribution in [0.5, 0.6) is 0 Å². The third-order valence-electron chi connectivity index (χ3n) is 6.09. The average Bonchev–Trinajstić information content (AvgIpc) is 3.54. The van der Waals surface area contributed by atoms with E-state index in [9.17, 15) is 9.59 Å². The van der Waals surface area contributed by atoms with Crippen LogP contribution in [-0.2, 0) is 6.42 Å². The zero-order chi connectivity index (χ0) is 29.6. The van der Waals surface area contributed by atoms with Gasteiger partial charge in [0.1, 0.15) is 19.4 Å². The number of fused-ring (bicyclic) bond motifs is 2. The standard InChI is InChI=1S/C15H14N4OS.C15H10N4OS/c2*1-2-9-7-11-12(16)13(21-15(11)18-8-9)14(20)19-10-3-5-17-6-4-10/h3-8H,2,16H2,1H3,(H,17,19,20);1,3-8H,16H2,(H,17,19,20). The van der Waals surface area contributed by atoms with Crippen molar-refractivity contribution in [2.24, 2.45) is 0 Å². The molecule has 0 unspecified atom stereocenters. The van der Waals surface area contributed by atoms with Gasteiger partial charge in [-0.25, -0.2) is 9.97 Å². The minimum absolute atomic E-state index is 0.222. The Hall–Kier alpha value is -5.38. The Morgan fingerprint density at radius 1 is 0.810 bits per heavy atom. The number of nitrogens with two attached hydrogens (primary N) is 2. The van der Waals surface area contributed by atoms with Crippen LogP contribution < -0.4 is 22.1 Å². The lowest BCUT2D eigenvalue weighted by Gasteiger charge is -2.03. The van der Waals surface area contributed by atoms with Gasteiger partial charge in [0, 0.05) is 64.9 Å². The number of anilines is 4. The molecule has 12 heteroatoms. The number of aromatic nitrogens is 4. The van der Waals surface area contributed by atoms with E-state index in [-0.39, 0.29) is 11.8 Å². The van der Waals surface area contributed by atoms with Gasteiger partial charge in [-0.3, -0.25) is 19.6 Å². The molecule has 6 aromatic heterocycles. The van der Waals surface area contributed by atoms with Crippen molar-refractivity contribution < 1.29 is 9.59 Å². The van der Waals surface area contributed by atoms with Crippen molar-refractivity contribution in [3.63, 3.8) is 0 Å². The summed E-state index contributed by atoms with van der Waals surface area (Å²) in [7, 11) is 0. The van der Waals surface area contributed by atoms with Crippen LogP contribution in [0, 0.1) is 12.3 Å². The number of carbonyl (C=O) groups is 2. The number of nitrogens with one attached hydrogen (secondary N) is 2. The zero-order valence-electron chi connectivity index (χ0n) is 22.3. The van der Waals surface area contributed by atoms with Crippen LogP contribution in [0.1, 0.15) is 37.4 Å². The molecule has 0 aromatic carbocycles. The summed E-state index contributed by atoms with van der Waals surface area (Å²) in [6.45, 7) is 2.06. The largest absolute Gasteiger partial charge is 0.397 e. The van der Waals surface area contributed by atoms with Gasteiger partial charge in [0.25, 0.3) is 11.8 Å². The fourth-order valence-electron chi connectivity index (χ4n) is 3.90. The van der Waals surface area contributed by atoms with Crippen molar-refractivity contribution >= 4 is 77.7 Å². The molecular formula is C30H24N8O2S2. The van der Waals surface area contributed by atoms with Gasteiger partial charge in [0.2, 0.25) is 0 Å². The van der Waals surface area contributed by atoms with Crippen LogP contribution in [0.15, 0.2) is 73.6 Å². The number of carbonyl (C=O) groups excluding carboxylic acids is 2. The molecule has 6 N–H and O–H groups in total. The topological polar surface area (TPSA) is 162 Å². The maximum Gasteiger partial charge on any atom is 0.267 e. The monoisotopic (exact) mass is 592 g/mol. The lowest BCUT2D eigenvalue weighted by molar-refractivity contribution is 0.102. The number of rotatable bonds is 5. The molecule has 0 bridgehead atoms. The number of aryl methyl sites for hydroxylation is 1. The van der Waals surface area contributed by atoms with Gasteiger partial charge in [-0.15, -0.1) is 29.1 Å². The Morgan fingerprint density at radius 3 is 1.76 bits per heavy atom. The predicted octanol–water partition coefficient (Wildman–Crippen LogP) is 5.60. The number of pyridine rings is 4. The van der Waals surface area contributed by atoms with Crippen molar-refractivity contribution in [1.82, 2.24) is 19.9 Å². The van der Waals surface area contributed by atoms with E-state index in [4.69, 9.17) is 17.9 Å². The Morgan fingerprint density at radius 2 is 1.29 bits per heavy atom. The van der Waals surface area contributed by atoms with Crippen LogP contribution >= 0.6 is 22.7 Å². The van der Waals surface area contributed by atoms with Gasteiger partial charge in [-0.1, -0.05) is 12.8 Å². The highest BCUT2D eigenvalue weighted by Gasteiger charge is 2.19. The summed E-state index contributed by atoms with van der Waals surface area (Å²) in [5.74, 6) is 2.01. The van der Waals surface area contributed by atoms with E-state index in [1.165, 1.54) is 22.7 Å². The Kier molecular flexibility index (Phi) is 8.33. The second-order valence-corrected chi connectivity index (χ2v) is 10.8. The van der Waals surface area contributed by atoms with Crippen LogP contribution in [0.2, 0.25) is 0 Å². The molecule has 10 nitrogen and oxygen atoms in total. The average molecular weight is 593 g/mol. The molecule has 0 aliphatic carbocycles. The van der Waals surface area contributed by atoms with Gasteiger partial charge in [0.05, 0.1) is 11.4 Å². The minimum atomic E-state index is -0.274. The first-order chi connectivity index (χ1) is 20.4. The predicted molar refractivity (Wildman–Crippen MR) is 170 cm³/mol. The Labute approximate surface area is 248 Å². The van der Waals surface area contributed by atoms with E-state index >= 15 is 0 Å². The summed E-state index contributed by atoms with van der Waals surface area (Å²) in [5, 5.41) is 7.13. The first kappa shape index (κ1) is 28.2. The molecule has 208 valence electrons. The smallest absolute Gasteiger partial charge is 0.267 e. The van der Waals surface area contributed by atoms with Gasteiger partial charge < -0.3 is 22.1 Å². The van der Waals surface area contributed by atoms with Crippen molar-refractivity contribution in [3.8, 4) is 12.3 Å². The fraction of sp³-hybridized carbons (Fsp3) is 0.0667. The summed E-state index contributed by atoms with van der Waals surface area (Å²) < 4.78 is 0. The van der Waals surface area contributed by atoms with E-state index in [0.29, 0.717) is 48.3 Å². The van der Waals surface area contributed by atoms with Crippen molar-refractivity contribution in [1.29, 1.82) is 0 Å². The molecule has 0 fully saturated rings. The molecule has 0 atom stereocenters. The van der Waals surface area contributed by atoms with Crippen molar-refractivity contribution in [2.75, 3.05) is 22.1 Å². The molecule has 0 aliphatic heterocycles. The van der Waals surface area contributed by atoms with Crippen LogP contribution in [-0.4, -0.2) is 31.8 Å². The molecule has 0 saturated heterocycles. The normalized spacial score (nSPS) is 10.5. The van der Waals surface area contributed by atoms with Gasteiger partial charge in [0.15, 0.2) is 0 Å². The summed E-state index contributed by atoms with van der Waals surface area (Å²) in [6, 6.07) is 10.6. The lowest BCUT2D eigenvalue weighted by atomic mass is 10.2. The van der Waals surface area contributed by atoms with Crippen LogP contribution in [0.4, 0.5) is 22.7 Å². The molecular weight excluding hydrogens is 569 g/mol. The number of nitrogens with zero attached hydrogens (tertiary/aromatic N) is 4. The second-order valence-electron chi connectivity index (χ2n) is 8.84. The van der Waals surface area contributed by atoms with Crippen LogP contribution in [0.25, 0.3) is 20.4 Å². The Balaban J connectivity index is 0.000000168. The fourth-order valence-corrected chi connectivity index (χ4v) is 5.78. The first-order valence-electron chi connectivity index (χ1n) is 12.6. The van der Waals surface area contributed by atoms with E-state index in [2.05, 4.69) is 43.4 Å². The number of hydrogen-bond donors (Lipinski definition) is 4. The first-order valence-corrected chi connectivity index (χ1v) is 14.3. The molecule has 0 spiro atoms. The zero-order valence-corrected chi connectivity index (χ0v) is 23.9. The van der Waals surface area contributed by atoms with Crippen molar-refractivity contribution in [2.45, 2.75) is 13.3 Å². The summed E-state index contributed by atoms with van der Waals surface area (Å²) >= 11 is 2.54. The van der Waals surface area contributed by atoms with Gasteiger partial charge in [-0.05, 0) is 48.4 Å². The Bertz CT molecular complexity index is 1950. The molecule has 6 rings (SSSR count). The number of nitrogen functional groups attached to an aromatic ring is 2. The molecule has 2 amide bonds. The number of thiophene rings is 2. The highest BCUT2D eigenvalue weighted by Crippen LogP contribution is 2.34. The summed E-state index contributed by atoms with van der Waals surface area (Å²) in [6.07, 6.45) is 16.1. The van der Waals surface area contributed by atoms with Gasteiger partial charge >= 0.3 is 0 Å².